The van der Waals surface area contributed by atoms with E-state index in [4.69, 9.17) is 11.6 Å². The van der Waals surface area contributed by atoms with Crippen molar-refractivity contribution in [3.05, 3.63) is 53.7 Å². The molecule has 108 valence electrons. The molecule has 0 bridgehead atoms. The van der Waals surface area contributed by atoms with Gasteiger partial charge < -0.3 is 4.57 Å². The van der Waals surface area contributed by atoms with E-state index >= 15 is 0 Å². The topological polar surface area (TPSA) is 64.8 Å². The van der Waals surface area contributed by atoms with Gasteiger partial charge in [-0.3, -0.25) is 4.98 Å². The third-order valence-corrected chi connectivity index (χ3v) is 4.48. The molecule has 0 saturated carbocycles. The van der Waals surface area contributed by atoms with Crippen LogP contribution in [0.15, 0.2) is 47.8 Å². The molecule has 3 rings (SSSR count). The molecule has 2 aromatic heterocycles. The number of rotatable bonds is 3. The van der Waals surface area contributed by atoms with Gasteiger partial charge in [0.2, 0.25) is 0 Å². The average Bonchev–Trinajstić information content (AvgIpc) is 2.83. The number of sulfone groups is 1. The maximum absolute atomic E-state index is 11.6. The van der Waals surface area contributed by atoms with Gasteiger partial charge in [0.25, 0.3) is 0 Å². The molecule has 0 spiro atoms. The van der Waals surface area contributed by atoms with Gasteiger partial charge in [-0.15, -0.1) is 0 Å². The maximum Gasteiger partial charge on any atom is 0.175 e. The van der Waals surface area contributed by atoms with Crippen LogP contribution >= 0.6 is 11.6 Å². The van der Waals surface area contributed by atoms with Gasteiger partial charge in [0.15, 0.2) is 9.84 Å². The van der Waals surface area contributed by atoms with Gasteiger partial charge in [0, 0.05) is 23.4 Å². The molecule has 0 aliphatic heterocycles. The highest BCUT2D eigenvalue weighted by Gasteiger charge is 2.10. The van der Waals surface area contributed by atoms with Gasteiger partial charge in [-0.2, -0.15) is 0 Å². The molecule has 0 N–H and O–H groups in total. The van der Waals surface area contributed by atoms with E-state index in [0.29, 0.717) is 16.6 Å². The third-order valence-electron chi connectivity index (χ3n) is 3.18. The zero-order chi connectivity index (χ0) is 15.0. The van der Waals surface area contributed by atoms with Crippen molar-refractivity contribution in [1.29, 1.82) is 0 Å². The Kier molecular flexibility index (Phi) is 3.43. The number of nitrogens with zero attached hydrogens (tertiary/aromatic N) is 3. The van der Waals surface area contributed by atoms with Crippen LogP contribution in [0.5, 0.6) is 0 Å². The number of halogens is 1. The molecule has 0 aliphatic carbocycles. The standard InChI is InChI=1S/C14H12ClN3O2S/c1-21(19,20)12-2-3-13-10(6-12)4-5-18(13)9-11-7-17-14(15)8-16-11/h2-8H,9H2,1H3. The highest BCUT2D eigenvalue weighted by atomic mass is 35.5. The lowest BCUT2D eigenvalue weighted by Crippen LogP contribution is -2.01. The van der Waals surface area contributed by atoms with Gasteiger partial charge in [-0.1, -0.05) is 11.6 Å². The van der Waals surface area contributed by atoms with Crippen LogP contribution in [0.2, 0.25) is 5.15 Å². The van der Waals surface area contributed by atoms with E-state index < -0.39 is 9.84 Å². The second-order valence-electron chi connectivity index (χ2n) is 4.77. The molecular formula is C14H12ClN3O2S. The fraction of sp³-hybridized carbons (Fsp3) is 0.143. The lowest BCUT2D eigenvalue weighted by atomic mass is 10.2. The summed E-state index contributed by atoms with van der Waals surface area (Å²) in [5.41, 5.74) is 1.73. The van der Waals surface area contributed by atoms with Gasteiger partial charge in [-0.05, 0) is 24.3 Å². The van der Waals surface area contributed by atoms with Crippen molar-refractivity contribution in [2.24, 2.45) is 0 Å². The van der Waals surface area contributed by atoms with E-state index in [9.17, 15) is 8.42 Å². The van der Waals surface area contributed by atoms with E-state index in [1.165, 1.54) is 12.5 Å². The quantitative estimate of drug-likeness (QED) is 0.743. The summed E-state index contributed by atoms with van der Waals surface area (Å²) in [5, 5.41) is 1.23. The van der Waals surface area contributed by atoms with Crippen molar-refractivity contribution in [2.75, 3.05) is 6.26 Å². The Morgan fingerprint density at radius 1 is 1.19 bits per heavy atom. The fourth-order valence-electron chi connectivity index (χ4n) is 2.14. The van der Waals surface area contributed by atoms with Crippen molar-refractivity contribution in [3.8, 4) is 0 Å². The Morgan fingerprint density at radius 3 is 2.67 bits per heavy atom. The Balaban J connectivity index is 1.99. The van der Waals surface area contributed by atoms with E-state index in [2.05, 4.69) is 9.97 Å². The fourth-order valence-corrected chi connectivity index (χ4v) is 2.90. The lowest BCUT2D eigenvalue weighted by molar-refractivity contribution is 0.602. The van der Waals surface area contributed by atoms with Crippen LogP contribution in [-0.2, 0) is 16.4 Å². The van der Waals surface area contributed by atoms with E-state index in [1.54, 1.807) is 24.4 Å². The smallest absolute Gasteiger partial charge is 0.175 e. The summed E-state index contributed by atoms with van der Waals surface area (Å²) in [5.74, 6) is 0. The second kappa shape index (κ2) is 5.13. The summed E-state index contributed by atoms with van der Waals surface area (Å²) < 4.78 is 25.1. The van der Waals surface area contributed by atoms with Crippen molar-refractivity contribution in [1.82, 2.24) is 14.5 Å². The summed E-state index contributed by atoms with van der Waals surface area (Å²) in [6, 6.07) is 6.97. The number of hydrogen-bond acceptors (Lipinski definition) is 4. The Bertz CT molecular complexity index is 902. The number of benzene rings is 1. The van der Waals surface area contributed by atoms with Crippen LogP contribution < -0.4 is 0 Å². The van der Waals surface area contributed by atoms with Crippen molar-refractivity contribution >= 4 is 32.3 Å². The highest BCUT2D eigenvalue weighted by molar-refractivity contribution is 7.90. The van der Waals surface area contributed by atoms with Crippen molar-refractivity contribution in [3.63, 3.8) is 0 Å². The predicted octanol–water partition coefficient (Wildman–Crippen LogP) is 2.54. The van der Waals surface area contributed by atoms with Crippen LogP contribution in [0, 0.1) is 0 Å². The molecular weight excluding hydrogens is 310 g/mol. The largest absolute Gasteiger partial charge is 0.341 e. The van der Waals surface area contributed by atoms with Gasteiger partial charge in [0.1, 0.15) is 5.15 Å². The van der Waals surface area contributed by atoms with Crippen LogP contribution in [0.25, 0.3) is 10.9 Å². The molecule has 0 amide bonds. The molecule has 0 atom stereocenters. The molecule has 5 nitrogen and oxygen atoms in total. The highest BCUT2D eigenvalue weighted by Crippen LogP contribution is 2.21. The van der Waals surface area contributed by atoms with E-state index in [0.717, 1.165) is 16.6 Å². The van der Waals surface area contributed by atoms with Crippen LogP contribution in [0.3, 0.4) is 0 Å². The van der Waals surface area contributed by atoms with Crippen LogP contribution in [0.4, 0.5) is 0 Å². The summed E-state index contributed by atoms with van der Waals surface area (Å²) in [4.78, 5) is 8.52. The molecule has 1 aromatic carbocycles. The first-order chi connectivity index (χ1) is 9.93. The maximum atomic E-state index is 11.6. The Morgan fingerprint density at radius 2 is 2.00 bits per heavy atom. The monoisotopic (exact) mass is 321 g/mol. The first kappa shape index (κ1) is 14.0. The average molecular weight is 322 g/mol. The number of fused-ring (bicyclic) bond motifs is 1. The van der Waals surface area contributed by atoms with Gasteiger partial charge in [-0.25, -0.2) is 13.4 Å². The molecule has 3 aromatic rings. The molecule has 7 heteroatoms. The Labute approximate surface area is 127 Å². The normalized spacial score (nSPS) is 11.9. The summed E-state index contributed by atoms with van der Waals surface area (Å²) in [6.07, 6.45) is 6.23. The molecule has 0 aliphatic rings. The summed E-state index contributed by atoms with van der Waals surface area (Å²) in [7, 11) is -3.19. The van der Waals surface area contributed by atoms with Crippen LogP contribution in [-0.4, -0.2) is 29.2 Å². The lowest BCUT2D eigenvalue weighted by Gasteiger charge is -2.05. The molecule has 0 fully saturated rings. The number of hydrogen-bond donors (Lipinski definition) is 0. The molecule has 21 heavy (non-hydrogen) atoms. The minimum absolute atomic E-state index is 0.319. The van der Waals surface area contributed by atoms with Gasteiger partial charge >= 0.3 is 0 Å². The minimum atomic E-state index is -3.19. The first-order valence-electron chi connectivity index (χ1n) is 6.19. The van der Waals surface area contributed by atoms with Gasteiger partial charge in [0.05, 0.1) is 29.5 Å². The molecule has 0 unspecified atom stereocenters. The zero-order valence-corrected chi connectivity index (χ0v) is 12.8. The summed E-state index contributed by atoms with van der Waals surface area (Å²) >= 11 is 5.71. The number of aromatic nitrogens is 3. The van der Waals surface area contributed by atoms with Crippen molar-refractivity contribution < 1.29 is 8.42 Å². The zero-order valence-electron chi connectivity index (χ0n) is 11.2. The molecule has 0 saturated heterocycles. The van der Waals surface area contributed by atoms with Crippen molar-refractivity contribution in [2.45, 2.75) is 11.4 Å². The van der Waals surface area contributed by atoms with Crippen LogP contribution in [0.1, 0.15) is 5.69 Å². The molecule has 0 radical (unpaired) electrons. The Hall–Kier alpha value is -1.92. The molecule has 2 heterocycles. The van der Waals surface area contributed by atoms with E-state index in [-0.39, 0.29) is 0 Å². The van der Waals surface area contributed by atoms with E-state index in [1.807, 2.05) is 16.8 Å². The third kappa shape index (κ3) is 2.91. The second-order valence-corrected chi connectivity index (χ2v) is 7.17. The SMILES string of the molecule is CS(=O)(=O)c1ccc2c(ccn2Cc2cnc(Cl)cn2)c1. The first-order valence-corrected chi connectivity index (χ1v) is 8.46. The summed E-state index contributed by atoms with van der Waals surface area (Å²) in [6.45, 7) is 0.548. The minimum Gasteiger partial charge on any atom is -0.341 e. The predicted molar refractivity (Wildman–Crippen MR) is 81.2 cm³/mol.